The SMILES string of the molecule is CCN(CC(=O)OC)Cc1cc(C#N)ccc1OC. The van der Waals surface area contributed by atoms with Crippen molar-refractivity contribution in [2.45, 2.75) is 13.5 Å². The maximum Gasteiger partial charge on any atom is 0.319 e. The highest BCUT2D eigenvalue weighted by molar-refractivity contribution is 5.71. The summed E-state index contributed by atoms with van der Waals surface area (Å²) in [7, 11) is 2.95. The summed E-state index contributed by atoms with van der Waals surface area (Å²) in [5.41, 5.74) is 1.46. The van der Waals surface area contributed by atoms with E-state index in [4.69, 9.17) is 10.00 Å². The lowest BCUT2D eigenvalue weighted by Crippen LogP contribution is -2.30. The van der Waals surface area contributed by atoms with Crippen molar-refractivity contribution in [2.24, 2.45) is 0 Å². The molecule has 1 aromatic carbocycles. The van der Waals surface area contributed by atoms with Crippen LogP contribution in [-0.2, 0) is 16.1 Å². The minimum absolute atomic E-state index is 0.215. The summed E-state index contributed by atoms with van der Waals surface area (Å²) in [6.45, 7) is 3.41. The topological polar surface area (TPSA) is 62.6 Å². The van der Waals surface area contributed by atoms with E-state index in [-0.39, 0.29) is 12.5 Å². The molecule has 0 radical (unpaired) electrons. The van der Waals surface area contributed by atoms with Crippen LogP contribution in [0.4, 0.5) is 0 Å². The molecule has 0 aromatic heterocycles. The number of esters is 1. The number of ether oxygens (including phenoxy) is 2. The first-order chi connectivity index (χ1) is 9.14. The zero-order chi connectivity index (χ0) is 14.3. The Bertz CT molecular complexity index is 480. The van der Waals surface area contributed by atoms with Gasteiger partial charge >= 0.3 is 5.97 Å². The molecule has 0 aliphatic heterocycles. The van der Waals surface area contributed by atoms with Crippen LogP contribution in [0.3, 0.4) is 0 Å². The number of benzene rings is 1. The van der Waals surface area contributed by atoms with Gasteiger partial charge < -0.3 is 9.47 Å². The number of nitriles is 1. The van der Waals surface area contributed by atoms with E-state index in [1.807, 2.05) is 11.8 Å². The van der Waals surface area contributed by atoms with Crippen molar-refractivity contribution < 1.29 is 14.3 Å². The molecule has 0 atom stereocenters. The second-order valence-corrected chi connectivity index (χ2v) is 4.02. The van der Waals surface area contributed by atoms with Crippen molar-refractivity contribution in [3.05, 3.63) is 29.3 Å². The van der Waals surface area contributed by atoms with Crippen LogP contribution in [0, 0.1) is 11.3 Å². The van der Waals surface area contributed by atoms with Gasteiger partial charge in [-0.1, -0.05) is 6.92 Å². The van der Waals surface area contributed by atoms with Gasteiger partial charge in [-0.25, -0.2) is 0 Å². The van der Waals surface area contributed by atoms with Gasteiger partial charge in [0.15, 0.2) is 0 Å². The minimum atomic E-state index is -0.280. The maximum atomic E-state index is 11.3. The van der Waals surface area contributed by atoms with Crippen molar-refractivity contribution in [3.63, 3.8) is 0 Å². The summed E-state index contributed by atoms with van der Waals surface area (Å²) in [5.74, 6) is 0.430. The number of methoxy groups -OCH3 is 2. The quantitative estimate of drug-likeness (QED) is 0.728. The van der Waals surface area contributed by atoms with Crippen molar-refractivity contribution in [2.75, 3.05) is 27.3 Å². The van der Waals surface area contributed by atoms with E-state index >= 15 is 0 Å². The molecule has 0 bridgehead atoms. The fourth-order valence-corrected chi connectivity index (χ4v) is 1.74. The van der Waals surface area contributed by atoms with E-state index in [2.05, 4.69) is 10.8 Å². The highest BCUT2D eigenvalue weighted by Crippen LogP contribution is 2.21. The lowest BCUT2D eigenvalue weighted by Gasteiger charge is -2.20. The molecule has 0 heterocycles. The third kappa shape index (κ3) is 4.27. The van der Waals surface area contributed by atoms with Gasteiger partial charge in [-0.3, -0.25) is 9.69 Å². The Morgan fingerprint density at radius 3 is 2.68 bits per heavy atom. The van der Waals surface area contributed by atoms with Crippen molar-refractivity contribution in [3.8, 4) is 11.8 Å². The van der Waals surface area contributed by atoms with Crippen molar-refractivity contribution in [1.82, 2.24) is 4.90 Å². The predicted octanol–water partition coefficient (Wildman–Crippen LogP) is 1.56. The van der Waals surface area contributed by atoms with E-state index in [0.29, 0.717) is 24.4 Å². The second-order valence-electron chi connectivity index (χ2n) is 4.02. The third-order valence-electron chi connectivity index (χ3n) is 2.83. The summed E-state index contributed by atoms with van der Waals surface area (Å²) in [6, 6.07) is 7.34. The molecule has 0 saturated carbocycles. The second kappa shape index (κ2) is 7.39. The first-order valence-electron chi connectivity index (χ1n) is 6.00. The average Bonchev–Trinajstić information content (AvgIpc) is 2.45. The number of nitrogens with zero attached hydrogens (tertiary/aromatic N) is 2. The zero-order valence-corrected chi connectivity index (χ0v) is 11.5. The maximum absolute atomic E-state index is 11.3. The van der Waals surface area contributed by atoms with Crippen LogP contribution in [0.25, 0.3) is 0 Å². The largest absolute Gasteiger partial charge is 0.496 e. The number of carbonyl (C=O) groups excluding carboxylic acids is 1. The number of rotatable bonds is 6. The molecule has 19 heavy (non-hydrogen) atoms. The summed E-state index contributed by atoms with van der Waals surface area (Å²) < 4.78 is 9.93. The fraction of sp³-hybridized carbons (Fsp3) is 0.429. The molecule has 0 unspecified atom stereocenters. The summed E-state index contributed by atoms with van der Waals surface area (Å²) in [5, 5.41) is 8.92. The number of hydrogen-bond acceptors (Lipinski definition) is 5. The molecule has 0 aliphatic rings. The fourth-order valence-electron chi connectivity index (χ4n) is 1.74. The molecule has 5 nitrogen and oxygen atoms in total. The zero-order valence-electron chi connectivity index (χ0n) is 11.5. The molecule has 0 spiro atoms. The Hall–Kier alpha value is -2.06. The van der Waals surface area contributed by atoms with Crippen LogP contribution in [0.15, 0.2) is 18.2 Å². The highest BCUT2D eigenvalue weighted by Gasteiger charge is 2.13. The monoisotopic (exact) mass is 262 g/mol. The van der Waals surface area contributed by atoms with Gasteiger partial charge in [0, 0.05) is 12.1 Å². The Kier molecular flexibility index (Phi) is 5.83. The van der Waals surface area contributed by atoms with Crippen molar-refractivity contribution >= 4 is 5.97 Å². The molecule has 0 N–H and O–H groups in total. The molecule has 0 aliphatic carbocycles. The molecule has 0 saturated heterocycles. The first kappa shape index (κ1) is 15.0. The Morgan fingerprint density at radius 2 is 2.16 bits per heavy atom. The van der Waals surface area contributed by atoms with Crippen molar-refractivity contribution in [1.29, 1.82) is 5.26 Å². The van der Waals surface area contributed by atoms with Crippen LogP contribution in [0.2, 0.25) is 0 Å². The van der Waals surface area contributed by atoms with Gasteiger partial charge in [0.25, 0.3) is 0 Å². The molecule has 1 aromatic rings. The number of likely N-dealkylation sites (N-methyl/N-ethyl adjacent to an activating group) is 1. The summed E-state index contributed by atoms with van der Waals surface area (Å²) >= 11 is 0. The van der Waals surface area contributed by atoms with Crippen LogP contribution in [0.1, 0.15) is 18.1 Å². The number of carbonyl (C=O) groups is 1. The van der Waals surface area contributed by atoms with E-state index in [0.717, 1.165) is 5.56 Å². The Labute approximate surface area is 113 Å². The van der Waals surface area contributed by atoms with Crippen LogP contribution in [-0.4, -0.2) is 38.2 Å². The lowest BCUT2D eigenvalue weighted by molar-refractivity contribution is -0.142. The molecule has 1 rings (SSSR count). The summed E-state index contributed by atoms with van der Waals surface area (Å²) in [6.07, 6.45) is 0. The highest BCUT2D eigenvalue weighted by atomic mass is 16.5. The predicted molar refractivity (Wildman–Crippen MR) is 70.7 cm³/mol. The van der Waals surface area contributed by atoms with Gasteiger partial charge in [-0.05, 0) is 24.7 Å². The lowest BCUT2D eigenvalue weighted by atomic mass is 10.1. The molecule has 102 valence electrons. The normalized spacial score (nSPS) is 10.1. The molecular formula is C14H18N2O3. The van der Waals surface area contributed by atoms with E-state index in [1.54, 1.807) is 25.3 Å². The summed E-state index contributed by atoms with van der Waals surface area (Å²) in [4.78, 5) is 13.2. The Morgan fingerprint density at radius 1 is 1.42 bits per heavy atom. The van der Waals surface area contributed by atoms with Gasteiger partial charge in [0.1, 0.15) is 5.75 Å². The first-order valence-corrected chi connectivity index (χ1v) is 6.00. The Balaban J connectivity index is 2.89. The average molecular weight is 262 g/mol. The minimum Gasteiger partial charge on any atom is -0.496 e. The molecule has 5 heteroatoms. The van der Waals surface area contributed by atoms with E-state index in [9.17, 15) is 4.79 Å². The van der Waals surface area contributed by atoms with Crippen LogP contribution in [0.5, 0.6) is 5.75 Å². The van der Waals surface area contributed by atoms with Gasteiger partial charge in [0.05, 0.1) is 32.4 Å². The molecule has 0 fully saturated rings. The third-order valence-corrected chi connectivity index (χ3v) is 2.83. The van der Waals surface area contributed by atoms with E-state index in [1.165, 1.54) is 7.11 Å². The van der Waals surface area contributed by atoms with Crippen LogP contribution >= 0.6 is 0 Å². The standard InChI is InChI=1S/C14H18N2O3/c1-4-16(10-14(17)19-3)9-12-7-11(8-15)5-6-13(12)18-2/h5-7H,4,9-10H2,1-3H3. The van der Waals surface area contributed by atoms with Gasteiger partial charge in [-0.2, -0.15) is 5.26 Å². The van der Waals surface area contributed by atoms with Gasteiger partial charge in [0.2, 0.25) is 0 Å². The number of hydrogen-bond donors (Lipinski definition) is 0. The smallest absolute Gasteiger partial charge is 0.319 e. The van der Waals surface area contributed by atoms with E-state index < -0.39 is 0 Å². The van der Waals surface area contributed by atoms with Crippen LogP contribution < -0.4 is 4.74 Å². The molecule has 0 amide bonds. The molecular weight excluding hydrogens is 244 g/mol. The van der Waals surface area contributed by atoms with Gasteiger partial charge in [-0.15, -0.1) is 0 Å².